The van der Waals surface area contributed by atoms with Crippen LogP contribution in [0, 0.1) is 5.92 Å². The van der Waals surface area contributed by atoms with Gasteiger partial charge in [0.2, 0.25) is 0 Å². The highest BCUT2D eigenvalue weighted by Crippen LogP contribution is 2.36. The highest BCUT2D eigenvalue weighted by Gasteiger charge is 2.24. The molecule has 5 rings (SSSR count). The number of anilines is 1. The maximum Gasteiger partial charge on any atom is 0.160 e. The molecule has 4 heteroatoms. The van der Waals surface area contributed by atoms with E-state index in [1.807, 2.05) is 6.20 Å². The maximum atomic E-state index is 5.03. The number of para-hydroxylation sites is 1. The van der Waals surface area contributed by atoms with Crippen molar-refractivity contribution in [2.75, 3.05) is 5.32 Å². The fraction of sp³-hybridized carbons (Fsp3) is 0.360. The van der Waals surface area contributed by atoms with Crippen molar-refractivity contribution in [3.05, 3.63) is 66.4 Å². The highest BCUT2D eigenvalue weighted by atomic mass is 15.3. The van der Waals surface area contributed by atoms with Crippen LogP contribution < -0.4 is 5.32 Å². The Morgan fingerprint density at radius 1 is 0.966 bits per heavy atom. The molecule has 2 heterocycles. The van der Waals surface area contributed by atoms with Crippen molar-refractivity contribution in [1.29, 1.82) is 0 Å². The third-order valence-corrected chi connectivity index (χ3v) is 6.47. The first kappa shape index (κ1) is 18.2. The van der Waals surface area contributed by atoms with Crippen molar-refractivity contribution in [3.8, 4) is 0 Å². The van der Waals surface area contributed by atoms with Gasteiger partial charge in [-0.05, 0) is 37.3 Å². The molecule has 1 aliphatic rings. The SMILES string of the molecule is C[C@@H](C1CCCCC1)n1ncc2c(NCc3ccccc3)c3ccccc3nc21. The summed E-state index contributed by atoms with van der Waals surface area (Å²) in [6.07, 6.45) is 8.66. The smallest absolute Gasteiger partial charge is 0.160 e. The average Bonchev–Trinajstić information content (AvgIpc) is 3.21. The van der Waals surface area contributed by atoms with Crippen molar-refractivity contribution in [3.63, 3.8) is 0 Å². The quantitative estimate of drug-likeness (QED) is 0.437. The van der Waals surface area contributed by atoms with Crippen molar-refractivity contribution in [1.82, 2.24) is 14.8 Å². The molecule has 148 valence electrons. The third-order valence-electron chi connectivity index (χ3n) is 6.47. The fourth-order valence-corrected chi connectivity index (χ4v) is 4.78. The number of benzene rings is 2. The molecule has 2 aromatic heterocycles. The van der Waals surface area contributed by atoms with Crippen molar-refractivity contribution < 1.29 is 0 Å². The summed E-state index contributed by atoms with van der Waals surface area (Å²) in [6, 6.07) is 19.3. The molecule has 0 unspecified atom stereocenters. The van der Waals surface area contributed by atoms with E-state index in [2.05, 4.69) is 71.5 Å². The molecule has 29 heavy (non-hydrogen) atoms. The van der Waals surface area contributed by atoms with E-state index < -0.39 is 0 Å². The van der Waals surface area contributed by atoms with E-state index >= 15 is 0 Å². The number of rotatable bonds is 5. The van der Waals surface area contributed by atoms with Crippen molar-refractivity contribution >= 4 is 27.6 Å². The van der Waals surface area contributed by atoms with E-state index in [0.29, 0.717) is 12.0 Å². The van der Waals surface area contributed by atoms with E-state index in [1.54, 1.807) is 0 Å². The normalized spacial score (nSPS) is 16.3. The largest absolute Gasteiger partial charge is 0.380 e. The minimum Gasteiger partial charge on any atom is -0.380 e. The predicted molar refractivity (Wildman–Crippen MR) is 120 cm³/mol. The minimum absolute atomic E-state index is 0.378. The molecule has 1 saturated carbocycles. The van der Waals surface area contributed by atoms with Gasteiger partial charge in [0.25, 0.3) is 0 Å². The maximum absolute atomic E-state index is 5.03. The van der Waals surface area contributed by atoms with Crippen LogP contribution in [-0.4, -0.2) is 14.8 Å². The van der Waals surface area contributed by atoms with Gasteiger partial charge >= 0.3 is 0 Å². The molecule has 0 saturated heterocycles. The molecule has 2 aromatic carbocycles. The van der Waals surface area contributed by atoms with Crippen LogP contribution in [0.25, 0.3) is 21.9 Å². The average molecular weight is 385 g/mol. The molecule has 1 fully saturated rings. The molecule has 0 radical (unpaired) electrons. The number of pyridine rings is 1. The minimum atomic E-state index is 0.378. The van der Waals surface area contributed by atoms with E-state index in [0.717, 1.165) is 34.2 Å². The second kappa shape index (κ2) is 7.86. The Morgan fingerprint density at radius 3 is 2.55 bits per heavy atom. The summed E-state index contributed by atoms with van der Waals surface area (Å²) in [5, 5.41) is 10.8. The summed E-state index contributed by atoms with van der Waals surface area (Å²) < 4.78 is 2.17. The zero-order valence-corrected chi connectivity index (χ0v) is 17.0. The molecular formula is C25H28N4. The Morgan fingerprint density at radius 2 is 1.72 bits per heavy atom. The zero-order valence-electron chi connectivity index (χ0n) is 17.0. The standard InChI is InChI=1S/C25H28N4/c1-18(20-12-6-3-7-13-20)29-25-22(17-27-29)24(21-14-8-9-15-23(21)28-25)26-16-19-10-4-2-5-11-19/h2,4-5,8-11,14-15,17-18,20H,3,6-7,12-13,16H2,1H3,(H,26,28)/t18-/m0/s1. The predicted octanol–water partition coefficient (Wildman–Crippen LogP) is 6.34. The summed E-state index contributed by atoms with van der Waals surface area (Å²) in [6.45, 7) is 3.10. The molecule has 0 aliphatic heterocycles. The molecule has 4 nitrogen and oxygen atoms in total. The van der Waals surface area contributed by atoms with Gasteiger partial charge in [0.05, 0.1) is 28.8 Å². The molecule has 1 aliphatic carbocycles. The van der Waals surface area contributed by atoms with E-state index in [9.17, 15) is 0 Å². The molecule has 0 spiro atoms. The topological polar surface area (TPSA) is 42.7 Å². The lowest BCUT2D eigenvalue weighted by Gasteiger charge is -2.28. The third kappa shape index (κ3) is 3.48. The lowest BCUT2D eigenvalue weighted by Crippen LogP contribution is -2.20. The number of fused-ring (bicyclic) bond motifs is 2. The van der Waals surface area contributed by atoms with Gasteiger partial charge in [0, 0.05) is 11.9 Å². The first-order chi connectivity index (χ1) is 14.3. The first-order valence-corrected chi connectivity index (χ1v) is 10.8. The summed E-state index contributed by atoms with van der Waals surface area (Å²) in [5.74, 6) is 0.695. The molecule has 0 bridgehead atoms. The van der Waals surface area contributed by atoms with Gasteiger partial charge < -0.3 is 5.32 Å². The van der Waals surface area contributed by atoms with E-state index in [1.165, 1.54) is 37.7 Å². The van der Waals surface area contributed by atoms with Gasteiger partial charge in [-0.25, -0.2) is 9.67 Å². The molecule has 1 atom stereocenters. The number of hydrogen-bond donors (Lipinski definition) is 1. The van der Waals surface area contributed by atoms with Gasteiger partial charge in [0.1, 0.15) is 0 Å². The van der Waals surface area contributed by atoms with Crippen LogP contribution in [0.4, 0.5) is 5.69 Å². The lowest BCUT2D eigenvalue weighted by molar-refractivity contribution is 0.254. The Balaban J connectivity index is 1.57. The van der Waals surface area contributed by atoms with Crippen LogP contribution in [0.1, 0.15) is 50.6 Å². The van der Waals surface area contributed by atoms with Crippen LogP contribution in [0.3, 0.4) is 0 Å². The van der Waals surface area contributed by atoms with Crippen LogP contribution in [-0.2, 0) is 6.54 Å². The first-order valence-electron chi connectivity index (χ1n) is 10.8. The van der Waals surface area contributed by atoms with Gasteiger partial charge in [0.15, 0.2) is 5.65 Å². The Bertz CT molecular complexity index is 1110. The Hall–Kier alpha value is -2.88. The number of hydrogen-bond acceptors (Lipinski definition) is 3. The lowest BCUT2D eigenvalue weighted by atomic mass is 9.84. The Labute approximate surface area is 172 Å². The van der Waals surface area contributed by atoms with Gasteiger partial charge in [-0.15, -0.1) is 0 Å². The Kier molecular flexibility index (Phi) is 4.92. The second-order valence-corrected chi connectivity index (χ2v) is 8.31. The van der Waals surface area contributed by atoms with Crippen LogP contribution in [0.2, 0.25) is 0 Å². The molecule has 0 amide bonds. The zero-order chi connectivity index (χ0) is 19.6. The second-order valence-electron chi connectivity index (χ2n) is 8.31. The molecular weight excluding hydrogens is 356 g/mol. The summed E-state index contributed by atoms with van der Waals surface area (Å²) in [4.78, 5) is 5.03. The van der Waals surface area contributed by atoms with Crippen LogP contribution in [0.15, 0.2) is 60.8 Å². The molecule has 4 aromatic rings. The fourth-order valence-electron chi connectivity index (χ4n) is 4.78. The van der Waals surface area contributed by atoms with E-state index in [4.69, 9.17) is 10.1 Å². The summed E-state index contributed by atoms with van der Waals surface area (Å²) in [5.41, 5.74) is 4.42. The molecule has 1 N–H and O–H groups in total. The summed E-state index contributed by atoms with van der Waals surface area (Å²) in [7, 11) is 0. The van der Waals surface area contributed by atoms with Crippen LogP contribution in [0.5, 0.6) is 0 Å². The van der Waals surface area contributed by atoms with Crippen molar-refractivity contribution in [2.24, 2.45) is 5.92 Å². The highest BCUT2D eigenvalue weighted by molar-refractivity contribution is 6.06. The van der Waals surface area contributed by atoms with Gasteiger partial charge in [-0.1, -0.05) is 67.8 Å². The van der Waals surface area contributed by atoms with Gasteiger partial charge in [-0.3, -0.25) is 0 Å². The number of nitrogens with zero attached hydrogens (tertiary/aromatic N) is 3. The summed E-state index contributed by atoms with van der Waals surface area (Å²) >= 11 is 0. The number of aromatic nitrogens is 3. The van der Waals surface area contributed by atoms with Gasteiger partial charge in [-0.2, -0.15) is 5.10 Å². The van der Waals surface area contributed by atoms with Crippen molar-refractivity contribution in [2.45, 2.75) is 51.6 Å². The number of nitrogens with one attached hydrogen (secondary N) is 1. The van der Waals surface area contributed by atoms with Crippen LogP contribution >= 0.6 is 0 Å². The monoisotopic (exact) mass is 384 g/mol. The van der Waals surface area contributed by atoms with E-state index in [-0.39, 0.29) is 0 Å².